The molecule has 1 heterocycles. The van der Waals surface area contributed by atoms with E-state index in [0.717, 1.165) is 12.6 Å². The number of hydrogen-bond donors (Lipinski definition) is 1. The first-order chi connectivity index (χ1) is 8.31. The highest BCUT2D eigenvalue weighted by atomic mass is 79.9. The van der Waals surface area contributed by atoms with E-state index in [-0.39, 0.29) is 0 Å². The largest absolute Gasteiger partial charge is 0.330 e. The fourth-order valence-electron chi connectivity index (χ4n) is 3.09. The van der Waals surface area contributed by atoms with E-state index in [1.165, 1.54) is 35.8 Å². The van der Waals surface area contributed by atoms with Crippen LogP contribution in [-0.4, -0.2) is 24.0 Å². The van der Waals surface area contributed by atoms with Gasteiger partial charge in [-0.3, -0.25) is 4.90 Å². The average molecular weight is 295 g/mol. The van der Waals surface area contributed by atoms with Crippen LogP contribution in [0.4, 0.5) is 0 Å². The zero-order chi connectivity index (χ0) is 11.8. The molecule has 0 amide bonds. The SMILES string of the molecule is NCC1CCN(C2CC2)C1c1ccccc1Br. The quantitative estimate of drug-likeness (QED) is 0.929. The molecule has 0 radical (unpaired) electrons. The molecular weight excluding hydrogens is 276 g/mol. The summed E-state index contributed by atoms with van der Waals surface area (Å²) in [5.74, 6) is 0.620. The number of rotatable bonds is 3. The third kappa shape index (κ3) is 2.16. The molecule has 0 bridgehead atoms. The fourth-order valence-corrected chi connectivity index (χ4v) is 3.61. The maximum atomic E-state index is 5.95. The number of nitrogens with zero attached hydrogens (tertiary/aromatic N) is 1. The minimum Gasteiger partial charge on any atom is -0.330 e. The second-order valence-corrected chi connectivity index (χ2v) is 6.07. The topological polar surface area (TPSA) is 29.3 Å². The van der Waals surface area contributed by atoms with Crippen molar-refractivity contribution in [2.45, 2.75) is 31.3 Å². The molecule has 2 aliphatic rings. The number of likely N-dealkylation sites (tertiary alicyclic amines) is 1. The molecular formula is C14H19BrN2. The Labute approximate surface area is 111 Å². The van der Waals surface area contributed by atoms with Gasteiger partial charge in [-0.25, -0.2) is 0 Å². The van der Waals surface area contributed by atoms with Crippen molar-refractivity contribution >= 4 is 15.9 Å². The molecule has 3 heteroatoms. The fraction of sp³-hybridized carbons (Fsp3) is 0.571. The van der Waals surface area contributed by atoms with Gasteiger partial charge in [0.05, 0.1) is 0 Å². The molecule has 1 saturated carbocycles. The highest BCUT2D eigenvalue weighted by molar-refractivity contribution is 9.10. The second-order valence-electron chi connectivity index (χ2n) is 5.22. The molecule has 2 unspecified atom stereocenters. The molecule has 1 saturated heterocycles. The second kappa shape index (κ2) is 4.71. The molecule has 1 aromatic carbocycles. The summed E-state index contributed by atoms with van der Waals surface area (Å²) in [5.41, 5.74) is 7.38. The molecule has 2 N–H and O–H groups in total. The van der Waals surface area contributed by atoms with E-state index in [4.69, 9.17) is 5.73 Å². The number of halogens is 1. The molecule has 3 rings (SSSR count). The number of nitrogens with two attached hydrogens (primary N) is 1. The van der Waals surface area contributed by atoms with E-state index in [0.29, 0.717) is 12.0 Å². The van der Waals surface area contributed by atoms with Crippen LogP contribution < -0.4 is 5.73 Å². The van der Waals surface area contributed by atoms with Gasteiger partial charge in [-0.2, -0.15) is 0 Å². The van der Waals surface area contributed by atoms with Gasteiger partial charge in [0.2, 0.25) is 0 Å². The highest BCUT2D eigenvalue weighted by Gasteiger charge is 2.42. The first kappa shape index (κ1) is 11.7. The van der Waals surface area contributed by atoms with E-state index < -0.39 is 0 Å². The first-order valence-corrected chi connectivity index (χ1v) is 7.31. The number of benzene rings is 1. The van der Waals surface area contributed by atoms with Gasteiger partial charge in [-0.1, -0.05) is 34.1 Å². The van der Waals surface area contributed by atoms with Gasteiger partial charge in [0.25, 0.3) is 0 Å². The van der Waals surface area contributed by atoms with Crippen molar-refractivity contribution in [1.82, 2.24) is 4.90 Å². The Balaban J connectivity index is 1.93. The monoisotopic (exact) mass is 294 g/mol. The number of hydrogen-bond acceptors (Lipinski definition) is 2. The standard InChI is InChI=1S/C14H19BrN2/c15-13-4-2-1-3-12(13)14-10(9-16)7-8-17(14)11-5-6-11/h1-4,10-11,14H,5-9,16H2. The van der Waals surface area contributed by atoms with Crippen LogP contribution in [0, 0.1) is 5.92 Å². The lowest BCUT2D eigenvalue weighted by molar-refractivity contribution is 0.220. The van der Waals surface area contributed by atoms with E-state index in [9.17, 15) is 0 Å². The van der Waals surface area contributed by atoms with Gasteiger partial charge in [-0.05, 0) is 49.9 Å². The Kier molecular flexibility index (Phi) is 3.24. The van der Waals surface area contributed by atoms with Crippen LogP contribution in [0.1, 0.15) is 30.9 Å². The predicted molar refractivity (Wildman–Crippen MR) is 73.8 cm³/mol. The van der Waals surface area contributed by atoms with Gasteiger partial charge in [0.15, 0.2) is 0 Å². The van der Waals surface area contributed by atoms with E-state index in [1.54, 1.807) is 0 Å². The molecule has 2 nitrogen and oxygen atoms in total. The van der Waals surface area contributed by atoms with Gasteiger partial charge < -0.3 is 5.73 Å². The third-order valence-electron chi connectivity index (χ3n) is 4.10. The summed E-state index contributed by atoms with van der Waals surface area (Å²) in [6.45, 7) is 2.02. The Bertz CT molecular complexity index is 403. The maximum absolute atomic E-state index is 5.95. The first-order valence-electron chi connectivity index (χ1n) is 6.51. The molecule has 0 spiro atoms. The van der Waals surface area contributed by atoms with Crippen LogP contribution in [0.25, 0.3) is 0 Å². The lowest BCUT2D eigenvalue weighted by Crippen LogP contribution is -2.30. The van der Waals surface area contributed by atoms with Crippen molar-refractivity contribution in [1.29, 1.82) is 0 Å². The predicted octanol–water partition coefficient (Wildman–Crippen LogP) is 2.93. The summed E-state index contributed by atoms with van der Waals surface area (Å²) in [5, 5.41) is 0. The van der Waals surface area contributed by atoms with Crippen LogP contribution >= 0.6 is 15.9 Å². The molecule has 1 aliphatic heterocycles. The van der Waals surface area contributed by atoms with E-state index >= 15 is 0 Å². The molecule has 17 heavy (non-hydrogen) atoms. The van der Waals surface area contributed by atoms with Crippen molar-refractivity contribution in [2.75, 3.05) is 13.1 Å². The normalized spacial score (nSPS) is 29.8. The van der Waals surface area contributed by atoms with Crippen molar-refractivity contribution < 1.29 is 0 Å². The average Bonchev–Trinajstić information content (AvgIpc) is 3.10. The lowest BCUT2D eigenvalue weighted by atomic mass is 9.94. The van der Waals surface area contributed by atoms with Crippen molar-refractivity contribution in [3.8, 4) is 0 Å². The van der Waals surface area contributed by atoms with Gasteiger partial charge in [0.1, 0.15) is 0 Å². The molecule has 1 aromatic rings. The summed E-state index contributed by atoms with van der Waals surface area (Å²) < 4.78 is 1.23. The zero-order valence-corrected chi connectivity index (χ0v) is 11.6. The third-order valence-corrected chi connectivity index (χ3v) is 4.83. The van der Waals surface area contributed by atoms with Crippen LogP contribution in [0.2, 0.25) is 0 Å². The van der Waals surface area contributed by atoms with Crippen molar-refractivity contribution in [3.05, 3.63) is 34.3 Å². The molecule has 0 aromatic heterocycles. The highest BCUT2D eigenvalue weighted by Crippen LogP contribution is 2.45. The van der Waals surface area contributed by atoms with E-state index in [1.807, 2.05) is 0 Å². The van der Waals surface area contributed by atoms with Gasteiger partial charge in [0, 0.05) is 16.6 Å². The van der Waals surface area contributed by atoms with Crippen molar-refractivity contribution in [3.63, 3.8) is 0 Å². The Morgan fingerprint density at radius 1 is 1.24 bits per heavy atom. The van der Waals surface area contributed by atoms with Crippen molar-refractivity contribution in [2.24, 2.45) is 11.7 Å². The summed E-state index contributed by atoms with van der Waals surface area (Å²) in [4.78, 5) is 2.68. The zero-order valence-electron chi connectivity index (χ0n) is 9.98. The van der Waals surface area contributed by atoms with Gasteiger partial charge >= 0.3 is 0 Å². The minimum absolute atomic E-state index is 0.531. The minimum atomic E-state index is 0.531. The Hall–Kier alpha value is -0.380. The molecule has 2 atom stereocenters. The summed E-state index contributed by atoms with van der Waals surface area (Å²) >= 11 is 3.69. The Morgan fingerprint density at radius 3 is 2.65 bits per heavy atom. The van der Waals surface area contributed by atoms with Crippen LogP contribution in [0.5, 0.6) is 0 Å². The Morgan fingerprint density at radius 2 is 2.00 bits per heavy atom. The molecule has 92 valence electrons. The lowest BCUT2D eigenvalue weighted by Gasteiger charge is -2.29. The molecule has 1 aliphatic carbocycles. The van der Waals surface area contributed by atoms with Gasteiger partial charge in [-0.15, -0.1) is 0 Å². The van der Waals surface area contributed by atoms with Crippen LogP contribution in [0.3, 0.4) is 0 Å². The summed E-state index contributed by atoms with van der Waals surface area (Å²) in [6.07, 6.45) is 4.00. The van der Waals surface area contributed by atoms with Crippen LogP contribution in [0.15, 0.2) is 28.7 Å². The smallest absolute Gasteiger partial charge is 0.0402 e. The summed E-state index contributed by atoms with van der Waals surface area (Å²) in [6, 6.07) is 9.97. The molecule has 2 fully saturated rings. The maximum Gasteiger partial charge on any atom is 0.0402 e. The van der Waals surface area contributed by atoms with E-state index in [2.05, 4.69) is 45.1 Å². The van der Waals surface area contributed by atoms with Crippen LogP contribution in [-0.2, 0) is 0 Å². The summed E-state index contributed by atoms with van der Waals surface area (Å²) in [7, 11) is 0.